The van der Waals surface area contributed by atoms with Gasteiger partial charge in [0.2, 0.25) is 0 Å². The molecule has 1 atom stereocenters. The van der Waals surface area contributed by atoms with Crippen LogP contribution in [0.4, 0.5) is 0 Å². The fraction of sp³-hybridized carbons (Fsp3) is 0.688. The molecule has 128 valence electrons. The quantitative estimate of drug-likeness (QED) is 0.260. The van der Waals surface area contributed by atoms with Crippen LogP contribution in [0.15, 0.2) is 27.8 Å². The van der Waals surface area contributed by atoms with Gasteiger partial charge < -0.3 is 20.2 Å². The molecule has 1 heterocycles. The second-order valence-electron chi connectivity index (χ2n) is 5.91. The smallest absolute Gasteiger partial charge is 0.191 e. The Morgan fingerprint density at radius 1 is 1.41 bits per heavy atom. The molecule has 0 bridgehead atoms. The Kier molecular flexibility index (Phi) is 10.5. The average molecular weight is 423 g/mol. The third-order valence-corrected chi connectivity index (χ3v) is 3.19. The molecule has 0 aliphatic heterocycles. The van der Waals surface area contributed by atoms with Crippen molar-refractivity contribution in [2.75, 3.05) is 19.6 Å². The fourth-order valence-electron chi connectivity index (χ4n) is 1.95. The van der Waals surface area contributed by atoms with Gasteiger partial charge in [-0.05, 0) is 44.7 Å². The summed E-state index contributed by atoms with van der Waals surface area (Å²) >= 11 is 0. The van der Waals surface area contributed by atoms with Crippen LogP contribution in [-0.2, 0) is 5.60 Å². The lowest BCUT2D eigenvalue weighted by atomic mass is 10.0. The Hall–Kier alpha value is -0.760. The van der Waals surface area contributed by atoms with Gasteiger partial charge >= 0.3 is 0 Å². The molecule has 0 amide bonds. The molecule has 1 aromatic heterocycles. The van der Waals surface area contributed by atoms with Crippen molar-refractivity contribution in [2.24, 2.45) is 10.9 Å². The summed E-state index contributed by atoms with van der Waals surface area (Å²) in [7, 11) is 0. The van der Waals surface area contributed by atoms with Gasteiger partial charge in [0.25, 0.3) is 0 Å². The van der Waals surface area contributed by atoms with Crippen LogP contribution >= 0.6 is 24.0 Å². The lowest BCUT2D eigenvalue weighted by molar-refractivity contribution is 0.0437. The van der Waals surface area contributed by atoms with Crippen LogP contribution in [0.25, 0.3) is 0 Å². The van der Waals surface area contributed by atoms with Crippen molar-refractivity contribution < 1.29 is 9.52 Å². The highest BCUT2D eigenvalue weighted by atomic mass is 127. The Labute approximate surface area is 151 Å². The zero-order valence-corrected chi connectivity index (χ0v) is 16.4. The van der Waals surface area contributed by atoms with Gasteiger partial charge in [-0.1, -0.05) is 13.8 Å². The molecule has 0 fully saturated rings. The molecule has 0 saturated heterocycles. The van der Waals surface area contributed by atoms with E-state index in [0.29, 0.717) is 11.7 Å². The minimum Gasteiger partial charge on any atom is -0.466 e. The van der Waals surface area contributed by atoms with Gasteiger partial charge in [0.05, 0.1) is 12.8 Å². The van der Waals surface area contributed by atoms with Crippen LogP contribution in [0.5, 0.6) is 0 Å². The normalized spacial score (nSPS) is 14.4. The minimum absolute atomic E-state index is 0. The summed E-state index contributed by atoms with van der Waals surface area (Å²) in [4.78, 5) is 4.44. The van der Waals surface area contributed by atoms with Crippen molar-refractivity contribution in [1.82, 2.24) is 10.6 Å². The van der Waals surface area contributed by atoms with E-state index in [9.17, 15) is 5.11 Å². The van der Waals surface area contributed by atoms with Crippen LogP contribution in [0.3, 0.4) is 0 Å². The molecule has 1 aromatic rings. The van der Waals surface area contributed by atoms with Gasteiger partial charge in [-0.25, -0.2) is 4.99 Å². The minimum atomic E-state index is -1.09. The molecule has 1 unspecified atom stereocenters. The molecule has 22 heavy (non-hydrogen) atoms. The van der Waals surface area contributed by atoms with E-state index in [2.05, 4.69) is 29.5 Å². The van der Waals surface area contributed by atoms with Crippen LogP contribution in [-0.4, -0.2) is 30.7 Å². The monoisotopic (exact) mass is 423 g/mol. The highest BCUT2D eigenvalue weighted by molar-refractivity contribution is 14.0. The molecule has 0 spiro atoms. The van der Waals surface area contributed by atoms with Crippen LogP contribution < -0.4 is 10.6 Å². The Balaban J connectivity index is 0.00000441. The zero-order valence-electron chi connectivity index (χ0n) is 14.1. The highest BCUT2D eigenvalue weighted by Gasteiger charge is 2.25. The van der Waals surface area contributed by atoms with Crippen molar-refractivity contribution in [3.63, 3.8) is 0 Å². The Morgan fingerprint density at radius 2 is 2.14 bits per heavy atom. The van der Waals surface area contributed by atoms with Gasteiger partial charge in [0.1, 0.15) is 11.4 Å². The average Bonchev–Trinajstić information content (AvgIpc) is 2.95. The second kappa shape index (κ2) is 10.9. The predicted molar refractivity (Wildman–Crippen MR) is 102 cm³/mol. The maximum Gasteiger partial charge on any atom is 0.191 e. The topological polar surface area (TPSA) is 69.8 Å². The molecule has 3 N–H and O–H groups in total. The van der Waals surface area contributed by atoms with E-state index in [1.807, 2.05) is 6.92 Å². The van der Waals surface area contributed by atoms with E-state index in [0.717, 1.165) is 25.5 Å². The number of guanidine groups is 1. The summed E-state index contributed by atoms with van der Waals surface area (Å²) in [5.74, 6) is 1.97. The molecular weight excluding hydrogens is 393 g/mol. The first-order valence-electron chi connectivity index (χ1n) is 7.74. The zero-order chi connectivity index (χ0) is 15.7. The van der Waals surface area contributed by atoms with Crippen molar-refractivity contribution in [1.29, 1.82) is 0 Å². The van der Waals surface area contributed by atoms with Crippen LogP contribution in [0, 0.1) is 5.92 Å². The molecule has 0 aliphatic carbocycles. The van der Waals surface area contributed by atoms with Crippen LogP contribution in [0.1, 0.15) is 46.3 Å². The van der Waals surface area contributed by atoms with Gasteiger partial charge in [-0.3, -0.25) is 0 Å². The predicted octanol–water partition coefficient (Wildman–Crippen LogP) is 3.10. The SMILES string of the molecule is CCNC(=NCC(C)(O)c1ccco1)NCCCC(C)C.I. The van der Waals surface area contributed by atoms with E-state index in [1.54, 1.807) is 25.3 Å². The van der Waals surface area contributed by atoms with Gasteiger partial charge in [0, 0.05) is 13.1 Å². The van der Waals surface area contributed by atoms with Crippen molar-refractivity contribution >= 4 is 29.9 Å². The van der Waals surface area contributed by atoms with Gasteiger partial charge in [0.15, 0.2) is 5.96 Å². The first-order valence-corrected chi connectivity index (χ1v) is 7.74. The molecular formula is C16H30IN3O2. The molecule has 5 nitrogen and oxygen atoms in total. The first-order chi connectivity index (χ1) is 9.95. The summed E-state index contributed by atoms with van der Waals surface area (Å²) in [5.41, 5.74) is -1.09. The Bertz CT molecular complexity index is 417. The number of nitrogens with one attached hydrogen (secondary N) is 2. The summed E-state index contributed by atoms with van der Waals surface area (Å²) in [6.07, 6.45) is 3.86. The molecule has 0 aliphatic rings. The van der Waals surface area contributed by atoms with Gasteiger partial charge in [-0.2, -0.15) is 0 Å². The Morgan fingerprint density at radius 3 is 2.68 bits per heavy atom. The summed E-state index contributed by atoms with van der Waals surface area (Å²) in [6.45, 7) is 10.1. The van der Waals surface area contributed by atoms with Crippen molar-refractivity contribution in [3.8, 4) is 0 Å². The van der Waals surface area contributed by atoms with Crippen molar-refractivity contribution in [3.05, 3.63) is 24.2 Å². The number of furan rings is 1. The largest absolute Gasteiger partial charge is 0.466 e. The van der Waals surface area contributed by atoms with E-state index in [4.69, 9.17) is 4.42 Å². The number of aliphatic hydroxyl groups is 1. The third kappa shape index (κ3) is 8.03. The highest BCUT2D eigenvalue weighted by Crippen LogP contribution is 2.20. The molecule has 0 radical (unpaired) electrons. The molecule has 6 heteroatoms. The third-order valence-electron chi connectivity index (χ3n) is 3.19. The van der Waals surface area contributed by atoms with Gasteiger partial charge in [-0.15, -0.1) is 24.0 Å². The molecule has 1 rings (SSSR count). The summed E-state index contributed by atoms with van der Waals surface area (Å²) in [5, 5.41) is 16.9. The maximum atomic E-state index is 10.4. The number of halogens is 1. The number of rotatable bonds is 8. The van der Waals surface area contributed by atoms with E-state index < -0.39 is 5.60 Å². The lowest BCUT2D eigenvalue weighted by Gasteiger charge is -2.19. The molecule has 0 saturated carbocycles. The number of hydrogen-bond donors (Lipinski definition) is 3. The van der Waals surface area contributed by atoms with Crippen LogP contribution in [0.2, 0.25) is 0 Å². The fourth-order valence-corrected chi connectivity index (χ4v) is 1.95. The second-order valence-corrected chi connectivity index (χ2v) is 5.91. The summed E-state index contributed by atoms with van der Waals surface area (Å²) < 4.78 is 5.26. The lowest BCUT2D eigenvalue weighted by Crippen LogP contribution is -2.39. The summed E-state index contributed by atoms with van der Waals surface area (Å²) in [6, 6.07) is 3.53. The number of nitrogens with zero attached hydrogens (tertiary/aromatic N) is 1. The standard InChI is InChI=1S/C16H29N3O2.HI/c1-5-17-15(18-10-6-8-13(2)3)19-12-16(4,20)14-9-7-11-21-14;/h7,9,11,13,20H,5-6,8,10,12H2,1-4H3,(H2,17,18,19);1H. The van der Waals surface area contributed by atoms with Crippen molar-refractivity contribution in [2.45, 2.75) is 46.1 Å². The maximum absolute atomic E-state index is 10.4. The first kappa shape index (κ1) is 21.2. The number of aliphatic imine (C=N–C) groups is 1. The van der Waals surface area contributed by atoms with E-state index in [-0.39, 0.29) is 30.5 Å². The molecule has 0 aromatic carbocycles. The number of hydrogen-bond acceptors (Lipinski definition) is 3. The van der Waals surface area contributed by atoms with E-state index in [1.165, 1.54) is 6.42 Å². The van der Waals surface area contributed by atoms with E-state index >= 15 is 0 Å².